The fraction of sp³-hybridized carbons (Fsp3) is 0.417. The maximum Gasteiger partial charge on any atom is 0.147 e. The van der Waals surface area contributed by atoms with Gasteiger partial charge in [0.15, 0.2) is 0 Å². The molecule has 2 rings (SSSR count). The van der Waals surface area contributed by atoms with E-state index in [9.17, 15) is 14.3 Å². The zero-order valence-electron chi connectivity index (χ0n) is 9.70. The molecule has 1 aromatic rings. The van der Waals surface area contributed by atoms with E-state index in [1.807, 2.05) is 4.90 Å². The lowest BCUT2D eigenvalue weighted by Crippen LogP contribution is -3.12. The van der Waals surface area contributed by atoms with Crippen molar-refractivity contribution in [1.29, 1.82) is 0 Å². The Labute approximate surface area is 99.3 Å². The molecule has 0 bridgehead atoms. The Hall–Kier alpha value is -1.62. The van der Waals surface area contributed by atoms with Gasteiger partial charge in [-0.3, -0.25) is 0 Å². The first-order chi connectivity index (χ1) is 8.08. The van der Waals surface area contributed by atoms with Crippen LogP contribution < -0.4 is 14.9 Å². The van der Waals surface area contributed by atoms with Crippen LogP contribution >= 0.6 is 0 Å². The van der Waals surface area contributed by atoms with Gasteiger partial charge in [0.05, 0.1) is 44.9 Å². The Balaban J connectivity index is 2.19. The van der Waals surface area contributed by atoms with Crippen molar-refractivity contribution < 1.29 is 19.2 Å². The van der Waals surface area contributed by atoms with Crippen LogP contribution in [0.3, 0.4) is 0 Å². The third kappa shape index (κ3) is 2.55. The molecule has 0 aromatic heterocycles. The first kappa shape index (κ1) is 11.9. The lowest BCUT2D eigenvalue weighted by molar-refractivity contribution is -0.880. The molecule has 1 N–H and O–H groups in total. The molecule has 0 spiro atoms. The highest BCUT2D eigenvalue weighted by atomic mass is 19.1. The Morgan fingerprint density at radius 2 is 2.06 bits per heavy atom. The molecule has 0 saturated carbocycles. The van der Waals surface area contributed by atoms with Crippen LogP contribution in [0.25, 0.3) is 0 Å². The van der Waals surface area contributed by atoms with Gasteiger partial charge in [0.25, 0.3) is 0 Å². The summed E-state index contributed by atoms with van der Waals surface area (Å²) in [6.45, 7) is 3.49. The van der Waals surface area contributed by atoms with E-state index >= 15 is 0 Å². The summed E-state index contributed by atoms with van der Waals surface area (Å²) in [4.78, 5) is 14.0. The Kier molecular flexibility index (Phi) is 3.28. The van der Waals surface area contributed by atoms with Crippen molar-refractivity contribution in [3.8, 4) is 0 Å². The lowest BCUT2D eigenvalue weighted by Gasteiger charge is -2.32. The molecule has 1 aliphatic heterocycles. The van der Waals surface area contributed by atoms with E-state index in [0.717, 1.165) is 32.2 Å². The number of carbonyl (C=O) groups is 1. The van der Waals surface area contributed by atoms with Gasteiger partial charge in [0.2, 0.25) is 0 Å². The maximum absolute atomic E-state index is 13.8. The number of quaternary nitrogens is 1. The summed E-state index contributed by atoms with van der Waals surface area (Å²) in [5.74, 6) is -1.84. The molecular weight excluding hydrogens is 223 g/mol. The van der Waals surface area contributed by atoms with Gasteiger partial charge >= 0.3 is 0 Å². The Morgan fingerprint density at radius 1 is 1.41 bits per heavy atom. The molecule has 4 nitrogen and oxygen atoms in total. The second kappa shape index (κ2) is 4.71. The topological polar surface area (TPSA) is 47.8 Å². The van der Waals surface area contributed by atoms with E-state index < -0.39 is 11.8 Å². The van der Waals surface area contributed by atoms with Crippen LogP contribution in [0.5, 0.6) is 0 Å². The monoisotopic (exact) mass is 238 g/mol. The van der Waals surface area contributed by atoms with Crippen molar-refractivity contribution >= 4 is 11.7 Å². The number of piperazine rings is 1. The minimum Gasteiger partial charge on any atom is -0.545 e. The van der Waals surface area contributed by atoms with E-state index in [1.165, 1.54) is 17.0 Å². The van der Waals surface area contributed by atoms with E-state index in [4.69, 9.17) is 0 Å². The molecule has 92 valence electrons. The van der Waals surface area contributed by atoms with Crippen molar-refractivity contribution in [2.75, 3.05) is 38.1 Å². The average molecular weight is 238 g/mol. The lowest BCUT2D eigenvalue weighted by atomic mass is 10.1. The first-order valence-electron chi connectivity index (χ1n) is 5.65. The van der Waals surface area contributed by atoms with Crippen LogP contribution in [0.4, 0.5) is 10.1 Å². The number of likely N-dealkylation sites (N-methyl/N-ethyl adjacent to an activating group) is 1. The smallest absolute Gasteiger partial charge is 0.147 e. The van der Waals surface area contributed by atoms with Gasteiger partial charge in [-0.15, -0.1) is 0 Å². The number of hydrogen-bond donors (Lipinski definition) is 1. The fourth-order valence-corrected chi connectivity index (χ4v) is 2.02. The third-order valence-electron chi connectivity index (χ3n) is 3.14. The minimum atomic E-state index is -1.35. The highest BCUT2D eigenvalue weighted by Crippen LogP contribution is 2.20. The maximum atomic E-state index is 13.8. The first-order valence-corrected chi connectivity index (χ1v) is 5.65. The molecule has 0 radical (unpaired) electrons. The third-order valence-corrected chi connectivity index (χ3v) is 3.14. The van der Waals surface area contributed by atoms with Crippen LogP contribution in [0, 0.1) is 5.82 Å². The number of aromatic carboxylic acids is 1. The number of carbonyl (C=O) groups excluding carboxylic acids is 1. The van der Waals surface area contributed by atoms with Crippen molar-refractivity contribution in [2.24, 2.45) is 0 Å². The molecule has 5 heteroatoms. The van der Waals surface area contributed by atoms with E-state index in [1.54, 1.807) is 0 Å². The summed E-state index contributed by atoms with van der Waals surface area (Å²) < 4.78 is 13.8. The van der Waals surface area contributed by atoms with E-state index in [2.05, 4.69) is 7.05 Å². The van der Waals surface area contributed by atoms with Crippen LogP contribution in [0.15, 0.2) is 18.2 Å². The molecule has 1 saturated heterocycles. The van der Waals surface area contributed by atoms with Crippen molar-refractivity contribution in [3.05, 3.63) is 29.6 Å². The molecule has 17 heavy (non-hydrogen) atoms. The minimum absolute atomic E-state index is 0.119. The number of nitrogens with one attached hydrogen (secondary N) is 1. The number of anilines is 1. The summed E-state index contributed by atoms with van der Waals surface area (Å²) in [6, 6.07) is 3.93. The molecule has 0 unspecified atom stereocenters. The van der Waals surface area contributed by atoms with E-state index in [0.29, 0.717) is 5.69 Å². The number of carboxylic acids is 1. The van der Waals surface area contributed by atoms with Crippen LogP contribution in [-0.2, 0) is 0 Å². The molecule has 1 aliphatic rings. The highest BCUT2D eigenvalue weighted by molar-refractivity contribution is 5.86. The normalized spacial score (nSPS) is 17.2. The molecule has 1 aromatic carbocycles. The molecule has 1 heterocycles. The molecule has 0 aliphatic carbocycles. The Bertz CT molecular complexity index is 429. The largest absolute Gasteiger partial charge is 0.545 e. The number of halogens is 1. The van der Waals surface area contributed by atoms with Gasteiger partial charge in [-0.1, -0.05) is 6.07 Å². The Morgan fingerprint density at radius 3 is 2.59 bits per heavy atom. The van der Waals surface area contributed by atoms with E-state index in [-0.39, 0.29) is 5.56 Å². The standard InChI is InChI=1S/C12H15FN2O2/c1-14-4-6-15(7-5-14)11-3-2-9(12(16)17)8-10(11)13/h2-3,8H,4-7H2,1H3,(H,16,17). The second-order valence-corrected chi connectivity index (χ2v) is 4.40. The summed E-state index contributed by atoms with van der Waals surface area (Å²) in [5.41, 5.74) is 0.355. The summed E-state index contributed by atoms with van der Waals surface area (Å²) in [7, 11) is 2.10. The fourth-order valence-electron chi connectivity index (χ4n) is 2.02. The number of nitrogens with zero attached hydrogens (tertiary/aromatic N) is 1. The SMILES string of the molecule is C[NH+]1CCN(c2ccc(C(=O)[O-])cc2F)CC1. The molecule has 0 atom stereocenters. The summed E-state index contributed by atoms with van der Waals surface area (Å²) in [6.07, 6.45) is 0. The summed E-state index contributed by atoms with van der Waals surface area (Å²) >= 11 is 0. The number of benzene rings is 1. The van der Waals surface area contributed by atoms with Crippen molar-refractivity contribution in [1.82, 2.24) is 0 Å². The van der Waals surface area contributed by atoms with Gasteiger partial charge in [0, 0.05) is 5.56 Å². The van der Waals surface area contributed by atoms with Gasteiger partial charge < -0.3 is 19.7 Å². The molecular formula is C12H15FN2O2. The van der Waals surface area contributed by atoms with Crippen LogP contribution in [0.2, 0.25) is 0 Å². The van der Waals surface area contributed by atoms with Gasteiger partial charge in [-0.05, 0) is 12.1 Å². The highest BCUT2D eigenvalue weighted by Gasteiger charge is 2.19. The quantitative estimate of drug-likeness (QED) is 0.684. The zero-order valence-corrected chi connectivity index (χ0v) is 9.70. The van der Waals surface area contributed by atoms with Gasteiger partial charge in [-0.25, -0.2) is 4.39 Å². The van der Waals surface area contributed by atoms with Gasteiger partial charge in [0.1, 0.15) is 5.82 Å². The second-order valence-electron chi connectivity index (χ2n) is 4.40. The van der Waals surface area contributed by atoms with Crippen LogP contribution in [-0.4, -0.2) is 39.2 Å². The predicted molar refractivity (Wildman–Crippen MR) is 59.6 cm³/mol. The predicted octanol–water partition coefficient (Wildman–Crippen LogP) is -1.48. The summed E-state index contributed by atoms with van der Waals surface area (Å²) in [5, 5.41) is 10.6. The van der Waals surface area contributed by atoms with Gasteiger partial charge in [-0.2, -0.15) is 0 Å². The average Bonchev–Trinajstić information content (AvgIpc) is 2.30. The zero-order chi connectivity index (χ0) is 12.4. The molecule has 1 fully saturated rings. The van der Waals surface area contributed by atoms with Crippen molar-refractivity contribution in [3.63, 3.8) is 0 Å². The number of hydrogen-bond acceptors (Lipinski definition) is 3. The van der Waals surface area contributed by atoms with Crippen molar-refractivity contribution in [2.45, 2.75) is 0 Å². The van der Waals surface area contributed by atoms with Crippen LogP contribution in [0.1, 0.15) is 10.4 Å². The molecule has 0 amide bonds. The number of carboxylic acid groups (broad SMARTS) is 1. The number of rotatable bonds is 2.